The molecule has 0 heterocycles. The van der Waals surface area contributed by atoms with Gasteiger partial charge in [0.15, 0.2) is 0 Å². The molecule has 1 aromatic carbocycles. The molecule has 0 aliphatic heterocycles. The first-order chi connectivity index (χ1) is 6.50. The first-order valence-corrected chi connectivity index (χ1v) is 4.79. The predicted octanol–water partition coefficient (Wildman–Crippen LogP) is 2.53. The highest BCUT2D eigenvalue weighted by molar-refractivity contribution is 5.75. The number of carbonyl (C=O) groups is 1. The van der Waals surface area contributed by atoms with Gasteiger partial charge in [-0.25, -0.2) is 0 Å². The van der Waals surface area contributed by atoms with Crippen molar-refractivity contribution in [2.45, 2.75) is 33.6 Å². The number of phenols is 1. The largest absolute Gasteiger partial charge is 0.507 e. The normalized spacial score (nSPS) is 10.2. The lowest BCUT2D eigenvalue weighted by Crippen LogP contribution is -1.95. The Morgan fingerprint density at radius 1 is 1.29 bits per heavy atom. The van der Waals surface area contributed by atoms with Crippen LogP contribution >= 0.6 is 0 Å². The summed E-state index contributed by atoms with van der Waals surface area (Å²) < 4.78 is 0. The summed E-state index contributed by atoms with van der Waals surface area (Å²) in [4.78, 5) is 10.8. The predicted molar refractivity (Wildman–Crippen MR) is 56.6 cm³/mol. The second-order valence-corrected chi connectivity index (χ2v) is 3.78. The van der Waals surface area contributed by atoms with Gasteiger partial charge in [-0.2, -0.15) is 0 Å². The third-order valence-electron chi connectivity index (χ3n) is 2.32. The Morgan fingerprint density at radius 3 is 2.21 bits per heavy atom. The van der Waals surface area contributed by atoms with Crippen LogP contribution in [0.1, 0.15) is 30.0 Å². The molecule has 76 valence electrons. The van der Waals surface area contributed by atoms with E-state index in [9.17, 15) is 9.90 Å². The van der Waals surface area contributed by atoms with Gasteiger partial charge in [0, 0.05) is 6.42 Å². The summed E-state index contributed by atoms with van der Waals surface area (Å²) in [6, 6.07) is 3.87. The van der Waals surface area contributed by atoms with Gasteiger partial charge in [0.2, 0.25) is 0 Å². The van der Waals surface area contributed by atoms with E-state index in [4.69, 9.17) is 0 Å². The van der Waals surface area contributed by atoms with Crippen LogP contribution in [0.2, 0.25) is 0 Å². The first-order valence-electron chi connectivity index (χ1n) is 4.79. The van der Waals surface area contributed by atoms with Crippen molar-refractivity contribution in [2.24, 2.45) is 0 Å². The second-order valence-electron chi connectivity index (χ2n) is 3.78. The first kappa shape index (κ1) is 10.8. The molecule has 0 aliphatic rings. The fourth-order valence-electron chi connectivity index (χ4n) is 1.51. The Labute approximate surface area is 84.6 Å². The van der Waals surface area contributed by atoms with Crippen LogP contribution < -0.4 is 0 Å². The van der Waals surface area contributed by atoms with Crippen molar-refractivity contribution >= 4 is 5.78 Å². The maximum atomic E-state index is 10.8. The monoisotopic (exact) mass is 192 g/mol. The molecule has 0 saturated carbocycles. The fourth-order valence-corrected chi connectivity index (χ4v) is 1.51. The van der Waals surface area contributed by atoms with Crippen molar-refractivity contribution in [3.05, 3.63) is 28.8 Å². The summed E-state index contributed by atoms with van der Waals surface area (Å²) in [7, 11) is 0. The molecule has 1 rings (SSSR count). The lowest BCUT2D eigenvalue weighted by atomic mass is 10.0. The van der Waals surface area contributed by atoms with Gasteiger partial charge in [-0.15, -0.1) is 0 Å². The van der Waals surface area contributed by atoms with Crippen LogP contribution in [-0.4, -0.2) is 10.9 Å². The Morgan fingerprint density at radius 2 is 1.79 bits per heavy atom. The highest BCUT2D eigenvalue weighted by atomic mass is 16.3. The summed E-state index contributed by atoms with van der Waals surface area (Å²) in [6.07, 6.45) is 1.33. The number of hydrogen-bond acceptors (Lipinski definition) is 2. The zero-order chi connectivity index (χ0) is 10.7. The number of aromatic hydroxyl groups is 1. The Kier molecular flexibility index (Phi) is 3.28. The number of phenolic OH excluding ortho intramolecular Hbond substituents is 1. The van der Waals surface area contributed by atoms with Gasteiger partial charge in [0.1, 0.15) is 11.5 Å². The zero-order valence-electron chi connectivity index (χ0n) is 8.92. The Bertz CT molecular complexity index is 330. The number of rotatable bonds is 3. The minimum atomic E-state index is 0.202. The minimum absolute atomic E-state index is 0.202. The number of carbonyl (C=O) groups excluding carboxylic acids is 1. The second kappa shape index (κ2) is 4.27. The maximum Gasteiger partial charge on any atom is 0.130 e. The molecule has 1 aromatic rings. The molecule has 0 saturated heterocycles. The summed E-state index contributed by atoms with van der Waals surface area (Å²) in [5.74, 6) is 0.560. The van der Waals surface area contributed by atoms with Crippen molar-refractivity contribution in [3.8, 4) is 5.75 Å². The molecule has 14 heavy (non-hydrogen) atoms. The van der Waals surface area contributed by atoms with E-state index in [1.54, 1.807) is 6.92 Å². The van der Waals surface area contributed by atoms with Crippen LogP contribution in [0.5, 0.6) is 5.75 Å². The molecular formula is C12H16O2. The molecule has 0 spiro atoms. The van der Waals surface area contributed by atoms with Gasteiger partial charge in [-0.3, -0.25) is 0 Å². The Hall–Kier alpha value is -1.31. The van der Waals surface area contributed by atoms with Crippen LogP contribution in [0.15, 0.2) is 12.1 Å². The van der Waals surface area contributed by atoms with E-state index < -0.39 is 0 Å². The van der Waals surface area contributed by atoms with Crippen molar-refractivity contribution in [1.29, 1.82) is 0 Å². The molecular weight excluding hydrogens is 176 g/mol. The van der Waals surface area contributed by atoms with Crippen molar-refractivity contribution in [2.75, 3.05) is 0 Å². The van der Waals surface area contributed by atoms with E-state index in [0.29, 0.717) is 12.2 Å². The van der Waals surface area contributed by atoms with Crippen molar-refractivity contribution in [3.63, 3.8) is 0 Å². The molecule has 0 unspecified atom stereocenters. The van der Waals surface area contributed by atoms with Gasteiger partial charge in [0.05, 0.1) is 0 Å². The van der Waals surface area contributed by atoms with Crippen molar-refractivity contribution < 1.29 is 9.90 Å². The molecule has 2 heteroatoms. The van der Waals surface area contributed by atoms with E-state index in [2.05, 4.69) is 0 Å². The quantitative estimate of drug-likeness (QED) is 0.799. The van der Waals surface area contributed by atoms with E-state index >= 15 is 0 Å². The van der Waals surface area contributed by atoms with Gasteiger partial charge < -0.3 is 9.90 Å². The highest BCUT2D eigenvalue weighted by Crippen LogP contribution is 2.23. The Balaban J connectivity index is 2.84. The van der Waals surface area contributed by atoms with Crippen LogP contribution in [0.4, 0.5) is 0 Å². The molecule has 0 amide bonds. The summed E-state index contributed by atoms with van der Waals surface area (Å²) in [5.41, 5.74) is 2.88. The lowest BCUT2D eigenvalue weighted by molar-refractivity contribution is -0.116. The third kappa shape index (κ3) is 2.59. The van der Waals surface area contributed by atoms with Crippen LogP contribution in [0.3, 0.4) is 0 Å². The number of ketones is 1. The molecule has 0 aromatic heterocycles. The molecule has 0 bridgehead atoms. The number of hydrogen-bond donors (Lipinski definition) is 1. The minimum Gasteiger partial charge on any atom is -0.507 e. The van der Waals surface area contributed by atoms with Gasteiger partial charge in [-0.1, -0.05) is 12.1 Å². The average Bonchev–Trinajstić information content (AvgIpc) is 2.10. The third-order valence-corrected chi connectivity index (χ3v) is 2.32. The molecule has 1 N–H and O–H groups in total. The highest BCUT2D eigenvalue weighted by Gasteiger charge is 2.03. The van der Waals surface area contributed by atoms with Crippen LogP contribution in [0, 0.1) is 13.8 Å². The summed E-state index contributed by atoms with van der Waals surface area (Å²) in [5, 5.41) is 9.54. The smallest absolute Gasteiger partial charge is 0.130 e. The van der Waals surface area contributed by atoms with Gasteiger partial charge >= 0.3 is 0 Å². The zero-order valence-corrected chi connectivity index (χ0v) is 8.92. The molecule has 0 aliphatic carbocycles. The SMILES string of the molecule is CC(=O)CCc1cc(C)c(O)c(C)c1. The fraction of sp³-hybridized carbons (Fsp3) is 0.417. The summed E-state index contributed by atoms with van der Waals surface area (Å²) in [6.45, 7) is 5.35. The summed E-state index contributed by atoms with van der Waals surface area (Å²) >= 11 is 0. The van der Waals surface area contributed by atoms with E-state index in [-0.39, 0.29) is 5.78 Å². The van der Waals surface area contributed by atoms with Gasteiger partial charge in [0.25, 0.3) is 0 Å². The van der Waals surface area contributed by atoms with Crippen molar-refractivity contribution in [1.82, 2.24) is 0 Å². The molecule has 0 atom stereocenters. The maximum absolute atomic E-state index is 10.8. The standard InChI is InChI=1S/C12H16O2/c1-8-6-11(5-4-10(3)13)7-9(2)12(8)14/h6-7,14H,4-5H2,1-3H3. The number of aryl methyl sites for hydroxylation is 3. The average molecular weight is 192 g/mol. The van der Waals surface area contributed by atoms with E-state index in [0.717, 1.165) is 23.1 Å². The van der Waals surface area contributed by atoms with Crippen LogP contribution in [-0.2, 0) is 11.2 Å². The molecule has 2 nitrogen and oxygen atoms in total. The van der Waals surface area contributed by atoms with Gasteiger partial charge in [-0.05, 0) is 43.9 Å². The van der Waals surface area contributed by atoms with Crippen LogP contribution in [0.25, 0.3) is 0 Å². The molecule has 0 radical (unpaired) electrons. The number of Topliss-reactive ketones (excluding diaryl/α,β-unsaturated/α-hetero) is 1. The van der Waals surface area contributed by atoms with E-state index in [1.807, 2.05) is 26.0 Å². The number of benzene rings is 1. The lowest BCUT2D eigenvalue weighted by Gasteiger charge is -2.06. The topological polar surface area (TPSA) is 37.3 Å². The molecule has 0 fully saturated rings. The van der Waals surface area contributed by atoms with E-state index in [1.165, 1.54) is 0 Å².